The number of amides is 2. The summed E-state index contributed by atoms with van der Waals surface area (Å²) >= 11 is 0. The molecule has 2 N–H and O–H groups in total. The second kappa shape index (κ2) is 8.86. The van der Waals surface area contributed by atoms with E-state index >= 15 is 0 Å². The van der Waals surface area contributed by atoms with E-state index in [2.05, 4.69) is 10.6 Å². The van der Waals surface area contributed by atoms with Crippen LogP contribution in [0.15, 0.2) is 78.9 Å². The summed E-state index contributed by atoms with van der Waals surface area (Å²) in [5, 5.41) is 5.65. The van der Waals surface area contributed by atoms with E-state index < -0.39 is 0 Å². The molecule has 0 aliphatic carbocycles. The van der Waals surface area contributed by atoms with Crippen molar-refractivity contribution in [2.24, 2.45) is 0 Å². The quantitative estimate of drug-likeness (QED) is 0.647. The number of benzene rings is 3. The molecule has 3 aromatic rings. The minimum Gasteiger partial charge on any atom is -0.457 e. The van der Waals surface area contributed by atoms with Crippen LogP contribution in [0, 0.1) is 0 Å². The molecule has 0 atom stereocenters. The van der Waals surface area contributed by atoms with Crippen LogP contribution >= 0.6 is 0 Å². The van der Waals surface area contributed by atoms with E-state index in [0.29, 0.717) is 22.6 Å². The Kier molecular flexibility index (Phi) is 6.07. The summed E-state index contributed by atoms with van der Waals surface area (Å²) in [5.41, 5.74) is 1.66. The van der Waals surface area contributed by atoms with Gasteiger partial charge in [0.2, 0.25) is 0 Å². The molecule has 0 spiro atoms. The molecular formula is C23H22N2O3. The summed E-state index contributed by atoms with van der Waals surface area (Å²) in [7, 11) is 0. The molecule has 0 unspecified atom stereocenters. The van der Waals surface area contributed by atoms with Gasteiger partial charge in [-0.1, -0.05) is 18.2 Å². The zero-order valence-corrected chi connectivity index (χ0v) is 15.8. The molecule has 2 amide bonds. The van der Waals surface area contributed by atoms with E-state index in [-0.39, 0.29) is 17.9 Å². The fourth-order valence-electron chi connectivity index (χ4n) is 2.55. The maximum absolute atomic E-state index is 12.4. The first-order valence-corrected chi connectivity index (χ1v) is 9.06. The van der Waals surface area contributed by atoms with Crippen molar-refractivity contribution < 1.29 is 14.3 Å². The first-order chi connectivity index (χ1) is 13.5. The lowest BCUT2D eigenvalue weighted by molar-refractivity contribution is 0.0941. The largest absolute Gasteiger partial charge is 0.457 e. The van der Waals surface area contributed by atoms with Gasteiger partial charge in [0.15, 0.2) is 0 Å². The minimum atomic E-state index is -0.243. The Morgan fingerprint density at radius 1 is 0.714 bits per heavy atom. The van der Waals surface area contributed by atoms with Crippen molar-refractivity contribution in [1.82, 2.24) is 5.32 Å². The maximum atomic E-state index is 12.4. The fourth-order valence-corrected chi connectivity index (χ4v) is 2.55. The van der Waals surface area contributed by atoms with Crippen LogP contribution in [0.25, 0.3) is 0 Å². The normalized spacial score (nSPS) is 10.4. The molecule has 0 radical (unpaired) electrons. The Hall–Kier alpha value is -3.60. The molecule has 5 nitrogen and oxygen atoms in total. The van der Waals surface area contributed by atoms with Gasteiger partial charge in [-0.3, -0.25) is 9.59 Å². The number of hydrogen-bond donors (Lipinski definition) is 2. The standard InChI is InChI=1S/C23H22N2O3/c1-16(2)24-22(26)17-8-10-18(11-9-17)23(27)25-19-12-14-21(15-13-19)28-20-6-4-3-5-7-20/h3-16H,1-2H3,(H,24,26)(H,25,27). The van der Waals surface area contributed by atoms with Crippen molar-refractivity contribution >= 4 is 17.5 Å². The molecule has 0 aliphatic heterocycles. The van der Waals surface area contributed by atoms with Gasteiger partial charge in [-0.05, 0) is 74.5 Å². The van der Waals surface area contributed by atoms with E-state index in [9.17, 15) is 9.59 Å². The summed E-state index contributed by atoms with van der Waals surface area (Å²) in [6.07, 6.45) is 0. The van der Waals surface area contributed by atoms with Gasteiger partial charge in [0.1, 0.15) is 11.5 Å². The molecule has 3 aromatic carbocycles. The lowest BCUT2D eigenvalue weighted by Gasteiger charge is -2.10. The molecule has 0 aromatic heterocycles. The van der Waals surface area contributed by atoms with Gasteiger partial charge >= 0.3 is 0 Å². The Morgan fingerprint density at radius 2 is 1.25 bits per heavy atom. The Bertz CT molecular complexity index is 934. The lowest BCUT2D eigenvalue weighted by Crippen LogP contribution is -2.30. The third kappa shape index (κ3) is 5.20. The van der Waals surface area contributed by atoms with E-state index in [4.69, 9.17) is 4.74 Å². The Morgan fingerprint density at radius 3 is 1.82 bits per heavy atom. The third-order valence-corrected chi connectivity index (χ3v) is 3.92. The van der Waals surface area contributed by atoms with E-state index in [0.717, 1.165) is 5.75 Å². The van der Waals surface area contributed by atoms with Crippen molar-refractivity contribution in [2.75, 3.05) is 5.32 Å². The van der Waals surface area contributed by atoms with E-state index in [1.54, 1.807) is 48.5 Å². The van der Waals surface area contributed by atoms with Crippen LogP contribution in [0.4, 0.5) is 5.69 Å². The highest BCUT2D eigenvalue weighted by atomic mass is 16.5. The van der Waals surface area contributed by atoms with Crippen LogP contribution < -0.4 is 15.4 Å². The monoisotopic (exact) mass is 374 g/mol. The number of para-hydroxylation sites is 1. The van der Waals surface area contributed by atoms with Crippen molar-refractivity contribution in [3.63, 3.8) is 0 Å². The highest BCUT2D eigenvalue weighted by Gasteiger charge is 2.10. The van der Waals surface area contributed by atoms with Gasteiger partial charge in [0.05, 0.1) is 0 Å². The van der Waals surface area contributed by atoms with Crippen LogP contribution in [0.3, 0.4) is 0 Å². The van der Waals surface area contributed by atoms with Crippen LogP contribution in [-0.2, 0) is 0 Å². The number of rotatable bonds is 6. The molecule has 0 fully saturated rings. The van der Waals surface area contributed by atoms with Crippen molar-refractivity contribution in [3.8, 4) is 11.5 Å². The second-order valence-electron chi connectivity index (χ2n) is 6.60. The third-order valence-electron chi connectivity index (χ3n) is 3.92. The Labute approximate surface area is 164 Å². The van der Waals surface area contributed by atoms with Crippen LogP contribution in [0.2, 0.25) is 0 Å². The summed E-state index contributed by atoms with van der Waals surface area (Å²) < 4.78 is 5.74. The molecule has 0 bridgehead atoms. The first kappa shape index (κ1) is 19.2. The maximum Gasteiger partial charge on any atom is 0.255 e. The lowest BCUT2D eigenvalue weighted by atomic mass is 10.1. The SMILES string of the molecule is CC(C)NC(=O)c1ccc(C(=O)Nc2ccc(Oc3ccccc3)cc2)cc1. The van der Waals surface area contributed by atoms with Crippen LogP contribution in [0.5, 0.6) is 11.5 Å². The summed E-state index contributed by atoms with van der Waals surface area (Å²) in [6.45, 7) is 3.80. The summed E-state index contributed by atoms with van der Waals surface area (Å²) in [4.78, 5) is 24.4. The summed E-state index contributed by atoms with van der Waals surface area (Å²) in [6, 6.07) is 23.2. The van der Waals surface area contributed by atoms with Gasteiger partial charge in [-0.15, -0.1) is 0 Å². The van der Waals surface area contributed by atoms with Crippen LogP contribution in [-0.4, -0.2) is 17.9 Å². The number of carbonyl (C=O) groups is 2. The van der Waals surface area contributed by atoms with Crippen molar-refractivity contribution in [3.05, 3.63) is 90.0 Å². The van der Waals surface area contributed by atoms with E-state index in [1.807, 2.05) is 44.2 Å². The summed E-state index contributed by atoms with van der Waals surface area (Å²) in [5.74, 6) is 1.04. The fraction of sp³-hybridized carbons (Fsp3) is 0.130. The zero-order chi connectivity index (χ0) is 19.9. The molecule has 0 saturated heterocycles. The molecule has 0 heterocycles. The Balaban J connectivity index is 1.60. The average molecular weight is 374 g/mol. The second-order valence-corrected chi connectivity index (χ2v) is 6.60. The van der Waals surface area contributed by atoms with Gasteiger partial charge in [-0.2, -0.15) is 0 Å². The minimum absolute atomic E-state index is 0.0596. The molecule has 142 valence electrons. The predicted molar refractivity (Wildman–Crippen MR) is 110 cm³/mol. The van der Waals surface area contributed by atoms with Gasteiger partial charge < -0.3 is 15.4 Å². The van der Waals surface area contributed by atoms with Crippen molar-refractivity contribution in [1.29, 1.82) is 0 Å². The molecule has 5 heteroatoms. The smallest absolute Gasteiger partial charge is 0.255 e. The topological polar surface area (TPSA) is 67.4 Å². The van der Waals surface area contributed by atoms with Gasteiger partial charge in [0.25, 0.3) is 11.8 Å². The van der Waals surface area contributed by atoms with E-state index in [1.165, 1.54) is 0 Å². The number of carbonyl (C=O) groups excluding carboxylic acids is 2. The molecule has 0 aliphatic rings. The first-order valence-electron chi connectivity index (χ1n) is 9.06. The molecular weight excluding hydrogens is 352 g/mol. The average Bonchev–Trinajstić information content (AvgIpc) is 2.70. The van der Waals surface area contributed by atoms with Crippen molar-refractivity contribution in [2.45, 2.75) is 19.9 Å². The molecule has 3 rings (SSSR count). The predicted octanol–water partition coefficient (Wildman–Crippen LogP) is 4.87. The molecule has 28 heavy (non-hydrogen) atoms. The van der Waals surface area contributed by atoms with Gasteiger partial charge in [0, 0.05) is 22.9 Å². The number of hydrogen-bond acceptors (Lipinski definition) is 3. The number of ether oxygens (including phenoxy) is 1. The number of anilines is 1. The highest BCUT2D eigenvalue weighted by Crippen LogP contribution is 2.22. The number of nitrogens with one attached hydrogen (secondary N) is 2. The highest BCUT2D eigenvalue weighted by molar-refractivity contribution is 6.05. The van der Waals surface area contributed by atoms with Crippen LogP contribution in [0.1, 0.15) is 34.6 Å². The van der Waals surface area contributed by atoms with Gasteiger partial charge in [-0.25, -0.2) is 0 Å². The molecule has 0 saturated carbocycles. The zero-order valence-electron chi connectivity index (χ0n) is 15.8.